The van der Waals surface area contributed by atoms with Gasteiger partial charge in [0.15, 0.2) is 0 Å². The van der Waals surface area contributed by atoms with Crippen LogP contribution < -0.4 is 0 Å². The lowest BCUT2D eigenvalue weighted by molar-refractivity contribution is 0.0606. The van der Waals surface area contributed by atoms with Crippen LogP contribution in [0.3, 0.4) is 0 Å². The van der Waals surface area contributed by atoms with Crippen LogP contribution in [0.5, 0.6) is 0 Å². The van der Waals surface area contributed by atoms with E-state index in [9.17, 15) is 5.11 Å². The standard InChI is InChI=1S/C16H23N3OS2/c20-15(14-4-2-1-3-5-14)12-17-6-8-18(9-7-17)13-19-10-11-22-16(19)21/h1-5,15,20H,6-13H2/t15-/m1/s1. The summed E-state index contributed by atoms with van der Waals surface area (Å²) in [6.45, 7) is 6.87. The third-order valence-corrected chi connectivity index (χ3v) is 5.80. The number of β-amino-alcohol motifs (C(OH)–C–C–N with tert-alkyl or cyclic N) is 1. The van der Waals surface area contributed by atoms with Crippen molar-refractivity contribution in [3.8, 4) is 0 Å². The van der Waals surface area contributed by atoms with E-state index in [1.807, 2.05) is 30.3 Å². The number of aliphatic hydroxyl groups excluding tert-OH is 1. The summed E-state index contributed by atoms with van der Waals surface area (Å²) in [5.41, 5.74) is 1.00. The highest BCUT2D eigenvalue weighted by Crippen LogP contribution is 2.19. The second-order valence-electron chi connectivity index (χ2n) is 5.86. The highest BCUT2D eigenvalue weighted by Gasteiger charge is 2.24. The highest BCUT2D eigenvalue weighted by atomic mass is 32.2. The van der Waals surface area contributed by atoms with Gasteiger partial charge in [0.1, 0.15) is 4.32 Å². The summed E-state index contributed by atoms with van der Waals surface area (Å²) in [4.78, 5) is 7.11. The Morgan fingerprint density at radius 2 is 1.73 bits per heavy atom. The number of hydrogen-bond acceptors (Lipinski definition) is 5. The van der Waals surface area contributed by atoms with Crippen molar-refractivity contribution < 1.29 is 5.11 Å². The van der Waals surface area contributed by atoms with Gasteiger partial charge in [-0.05, 0) is 5.56 Å². The van der Waals surface area contributed by atoms with Crippen LogP contribution in [0.25, 0.3) is 0 Å². The normalized spacial score (nSPS) is 22.2. The molecular formula is C16H23N3OS2. The molecule has 120 valence electrons. The number of nitrogens with zero attached hydrogens (tertiary/aromatic N) is 3. The molecule has 2 heterocycles. The Hall–Kier alpha value is -0.660. The van der Waals surface area contributed by atoms with Gasteiger partial charge in [-0.15, -0.1) is 0 Å². The molecule has 1 aromatic rings. The van der Waals surface area contributed by atoms with Crippen LogP contribution in [0.1, 0.15) is 11.7 Å². The van der Waals surface area contributed by atoms with E-state index in [-0.39, 0.29) is 0 Å². The predicted octanol–water partition coefficient (Wildman–Crippen LogP) is 1.63. The van der Waals surface area contributed by atoms with Crippen LogP contribution in [-0.4, -0.2) is 75.8 Å². The van der Waals surface area contributed by atoms with Gasteiger partial charge in [-0.2, -0.15) is 0 Å². The van der Waals surface area contributed by atoms with Crippen LogP contribution in [0.2, 0.25) is 0 Å². The zero-order chi connectivity index (χ0) is 15.4. The molecule has 3 rings (SSSR count). The van der Waals surface area contributed by atoms with E-state index in [0.29, 0.717) is 0 Å². The molecule has 2 fully saturated rings. The second kappa shape index (κ2) is 7.75. The van der Waals surface area contributed by atoms with Crippen LogP contribution in [-0.2, 0) is 0 Å². The minimum atomic E-state index is -0.393. The average molecular weight is 338 g/mol. The fraction of sp³-hybridized carbons (Fsp3) is 0.562. The van der Waals surface area contributed by atoms with E-state index in [1.165, 1.54) is 0 Å². The molecule has 0 bridgehead atoms. The summed E-state index contributed by atoms with van der Waals surface area (Å²) in [5, 5.41) is 10.3. The first-order valence-electron chi connectivity index (χ1n) is 7.82. The molecule has 2 saturated heterocycles. The number of hydrogen-bond donors (Lipinski definition) is 1. The SMILES string of the molecule is O[C@H](CN1CCN(CN2CCSC2=S)CC1)c1ccccc1. The summed E-state index contributed by atoms with van der Waals surface area (Å²) in [7, 11) is 0. The van der Waals surface area contributed by atoms with Gasteiger partial charge < -0.3 is 10.0 Å². The van der Waals surface area contributed by atoms with Crippen LogP contribution >= 0.6 is 24.0 Å². The lowest BCUT2D eigenvalue weighted by Gasteiger charge is -2.37. The summed E-state index contributed by atoms with van der Waals surface area (Å²) < 4.78 is 1.04. The molecular weight excluding hydrogens is 314 g/mol. The maximum absolute atomic E-state index is 10.3. The molecule has 1 atom stereocenters. The van der Waals surface area contributed by atoms with Crippen LogP contribution in [0.15, 0.2) is 30.3 Å². The Morgan fingerprint density at radius 1 is 1.05 bits per heavy atom. The summed E-state index contributed by atoms with van der Waals surface area (Å²) in [6.07, 6.45) is -0.393. The zero-order valence-corrected chi connectivity index (χ0v) is 14.4. The first kappa shape index (κ1) is 16.2. The van der Waals surface area contributed by atoms with Gasteiger partial charge in [-0.1, -0.05) is 54.3 Å². The molecule has 22 heavy (non-hydrogen) atoms. The Bertz CT molecular complexity index is 491. The molecule has 0 radical (unpaired) electrons. The Morgan fingerprint density at radius 3 is 2.36 bits per heavy atom. The van der Waals surface area contributed by atoms with Crippen molar-refractivity contribution in [3.05, 3.63) is 35.9 Å². The van der Waals surface area contributed by atoms with E-state index in [1.54, 1.807) is 11.8 Å². The first-order valence-corrected chi connectivity index (χ1v) is 9.21. The molecule has 0 spiro atoms. The minimum Gasteiger partial charge on any atom is -0.387 e. The van der Waals surface area contributed by atoms with Crippen LogP contribution in [0, 0.1) is 0 Å². The van der Waals surface area contributed by atoms with Crippen molar-refractivity contribution in [3.63, 3.8) is 0 Å². The monoisotopic (exact) mass is 337 g/mol. The maximum Gasteiger partial charge on any atom is 0.137 e. The Balaban J connectivity index is 1.43. The molecule has 0 saturated carbocycles. The van der Waals surface area contributed by atoms with Gasteiger partial charge in [0.2, 0.25) is 0 Å². The van der Waals surface area contributed by atoms with Crippen LogP contribution in [0.4, 0.5) is 0 Å². The quantitative estimate of drug-likeness (QED) is 0.822. The lowest BCUT2D eigenvalue weighted by atomic mass is 10.1. The molecule has 2 aliphatic heterocycles. The van der Waals surface area contributed by atoms with Crippen molar-refractivity contribution in [1.29, 1.82) is 0 Å². The van der Waals surface area contributed by atoms with Gasteiger partial charge in [-0.3, -0.25) is 9.80 Å². The van der Waals surface area contributed by atoms with Crippen molar-refractivity contribution >= 4 is 28.3 Å². The lowest BCUT2D eigenvalue weighted by Crippen LogP contribution is -2.50. The Labute approximate surface area is 142 Å². The number of rotatable bonds is 5. The second-order valence-corrected chi connectivity index (χ2v) is 7.59. The molecule has 0 aromatic heterocycles. The third kappa shape index (κ3) is 4.20. The number of thioether (sulfide) groups is 1. The molecule has 0 amide bonds. The van der Waals surface area contributed by atoms with Crippen molar-refractivity contribution in [2.24, 2.45) is 0 Å². The zero-order valence-electron chi connectivity index (χ0n) is 12.7. The number of benzene rings is 1. The van der Waals surface area contributed by atoms with Crippen molar-refractivity contribution in [2.75, 3.05) is 51.7 Å². The van der Waals surface area contributed by atoms with Gasteiger partial charge in [-0.25, -0.2) is 0 Å². The molecule has 6 heteroatoms. The van der Waals surface area contributed by atoms with E-state index in [4.69, 9.17) is 12.2 Å². The fourth-order valence-corrected chi connectivity index (χ4v) is 4.15. The minimum absolute atomic E-state index is 0.393. The molecule has 0 aliphatic carbocycles. The number of aliphatic hydroxyl groups is 1. The molecule has 2 aliphatic rings. The average Bonchev–Trinajstić information content (AvgIpc) is 2.95. The molecule has 1 N–H and O–H groups in total. The maximum atomic E-state index is 10.3. The summed E-state index contributed by atoms with van der Waals surface area (Å²) in [5.74, 6) is 1.13. The summed E-state index contributed by atoms with van der Waals surface area (Å²) in [6, 6.07) is 9.93. The van der Waals surface area contributed by atoms with E-state index in [0.717, 1.165) is 61.6 Å². The highest BCUT2D eigenvalue weighted by molar-refractivity contribution is 8.23. The molecule has 4 nitrogen and oxygen atoms in total. The van der Waals surface area contributed by atoms with E-state index in [2.05, 4.69) is 14.7 Å². The number of piperazine rings is 1. The van der Waals surface area contributed by atoms with Gasteiger partial charge in [0, 0.05) is 45.0 Å². The third-order valence-electron chi connectivity index (χ3n) is 4.30. The van der Waals surface area contributed by atoms with Gasteiger partial charge in [0.25, 0.3) is 0 Å². The van der Waals surface area contributed by atoms with E-state index < -0.39 is 6.10 Å². The molecule has 0 unspecified atom stereocenters. The first-order chi connectivity index (χ1) is 10.7. The molecule has 1 aromatic carbocycles. The van der Waals surface area contributed by atoms with Gasteiger partial charge in [0.05, 0.1) is 12.8 Å². The summed E-state index contributed by atoms with van der Waals surface area (Å²) >= 11 is 7.15. The number of thiocarbonyl (C=S) groups is 1. The smallest absolute Gasteiger partial charge is 0.137 e. The van der Waals surface area contributed by atoms with Crippen molar-refractivity contribution in [2.45, 2.75) is 6.10 Å². The van der Waals surface area contributed by atoms with Crippen molar-refractivity contribution in [1.82, 2.24) is 14.7 Å². The topological polar surface area (TPSA) is 30.0 Å². The Kier molecular flexibility index (Phi) is 5.71. The fourth-order valence-electron chi connectivity index (χ4n) is 2.93. The predicted molar refractivity (Wildman–Crippen MR) is 96.0 cm³/mol. The van der Waals surface area contributed by atoms with E-state index >= 15 is 0 Å². The largest absolute Gasteiger partial charge is 0.387 e. The van der Waals surface area contributed by atoms with Gasteiger partial charge >= 0.3 is 0 Å².